The summed E-state index contributed by atoms with van der Waals surface area (Å²) in [5.74, 6) is 0. The number of hydrogen-bond acceptors (Lipinski definition) is 0. The van der Waals surface area contributed by atoms with Gasteiger partial charge >= 0.3 is 40.4 Å². The van der Waals surface area contributed by atoms with E-state index < -0.39 is 0 Å². The van der Waals surface area contributed by atoms with Gasteiger partial charge in [0.2, 0.25) is 0 Å². The van der Waals surface area contributed by atoms with Gasteiger partial charge in [-0.15, -0.1) is 0 Å². The Morgan fingerprint density at radius 3 is 0.231 bits per heavy atom. The van der Waals surface area contributed by atoms with Gasteiger partial charge in [0, 0.05) is 55.7 Å². The van der Waals surface area contributed by atoms with Crippen molar-refractivity contribution in [3.05, 3.63) is 0 Å². The van der Waals surface area contributed by atoms with Crippen LogP contribution in [0.5, 0.6) is 0 Å². The second-order valence-corrected chi connectivity index (χ2v) is 0. The number of hydrogen-bond donors (Lipinski definition) is 0. The molecule has 4 radical (unpaired) electrons. The van der Waals surface area contributed by atoms with Crippen LogP contribution >= 0.6 is 0 Å². The molecule has 0 aromatic carbocycles. The molecule has 0 unspecified atom stereocenters. The summed E-state index contributed by atoms with van der Waals surface area (Å²) in [5, 5.41) is 0. The van der Waals surface area contributed by atoms with Gasteiger partial charge < -0.3 is 49.3 Å². The molecule has 0 rings (SSSR count). The molecule has 0 saturated heterocycles. The van der Waals surface area contributed by atoms with Gasteiger partial charge in [-0.3, -0.25) is 0 Å². The molecule has 0 aliphatic carbocycles. The summed E-state index contributed by atoms with van der Waals surface area (Å²) in [6.07, 6.45) is 0. The van der Waals surface area contributed by atoms with Crippen LogP contribution in [0, 0.1) is 40.4 Å². The second-order valence-electron chi connectivity index (χ2n) is 0. The van der Waals surface area contributed by atoms with E-state index in [0.29, 0.717) is 0 Å². The minimum atomic E-state index is 0. The zero-order valence-corrected chi connectivity index (χ0v) is 12.2. The van der Waals surface area contributed by atoms with E-state index in [4.69, 9.17) is 0 Å². The van der Waals surface area contributed by atoms with Crippen LogP contribution in [0.2, 0.25) is 0 Å². The van der Waals surface area contributed by atoms with Gasteiger partial charge in [-0.1, -0.05) is 0 Å². The van der Waals surface area contributed by atoms with Crippen LogP contribution in [0.25, 0.3) is 0 Å². The van der Waals surface area contributed by atoms with Crippen LogP contribution in [0.3, 0.4) is 0 Å². The Bertz CT molecular complexity index is 14.8. The topological polar surface area (TPSA) is 256 Å². The monoisotopic (exact) mass is 449 g/mol. The Hall–Kier alpha value is 2.73. The third kappa shape index (κ3) is 320. The molecule has 0 fully saturated rings. The fraction of sp³-hybridized carbons (Fsp3) is 0. The molecule has 0 N–H and O–H groups in total. The Kier molecular flexibility index (Phi) is 13100. The van der Waals surface area contributed by atoms with Crippen LogP contribution in [0.15, 0.2) is 0 Å². The minimum absolute atomic E-state index is 0. The molecule has 9 nitrogen and oxygen atoms in total. The second kappa shape index (κ2) is 372. The van der Waals surface area contributed by atoms with Crippen LogP contribution in [-0.4, -0.2) is 0 Å². The van der Waals surface area contributed by atoms with Gasteiger partial charge in [0.25, 0.3) is 0 Å². The maximum atomic E-state index is 0. The molecule has 90 valence electrons. The van der Waals surface area contributed by atoms with Crippen molar-refractivity contribution in [2.45, 2.75) is 0 Å². The van der Waals surface area contributed by atoms with Crippen molar-refractivity contribution in [3.63, 3.8) is 0 Å². The van der Waals surface area contributed by atoms with Crippen LogP contribution in [0.1, 0.15) is 0 Å². The smallest absolute Gasteiger partial charge is 2.00 e. The van der Waals surface area contributed by atoms with Crippen molar-refractivity contribution in [2.75, 3.05) is 0 Å². The van der Waals surface area contributed by atoms with Crippen molar-refractivity contribution in [3.8, 4) is 0 Å². The molecule has 0 saturated carbocycles. The maximum Gasteiger partial charge on any atom is 3.00 e. The minimum Gasteiger partial charge on any atom is -2.00 e. The predicted molar refractivity (Wildman–Crippen MR) is 6.18 cm³/mol. The third-order valence-corrected chi connectivity index (χ3v) is 0. The normalized spacial score (nSPS) is 0. The largest absolute Gasteiger partial charge is 3.00 e. The molecule has 0 aromatic heterocycles. The predicted octanol–water partition coefficient (Wildman–Crippen LogP) is -1.08. The van der Waals surface area contributed by atoms with E-state index in [1.54, 1.807) is 0 Å². The molecule has 0 aliphatic heterocycles. The fourth-order valence-electron chi connectivity index (χ4n) is 0. The van der Waals surface area contributed by atoms with E-state index in [0.717, 1.165) is 0 Å². The number of rotatable bonds is 0. The van der Waals surface area contributed by atoms with E-state index in [1.165, 1.54) is 0 Å². The summed E-state index contributed by atoms with van der Waals surface area (Å²) in [6, 6.07) is 0. The van der Waals surface area contributed by atoms with Crippen molar-refractivity contribution in [2.24, 2.45) is 0 Å². The Morgan fingerprint density at radius 1 is 0.231 bits per heavy atom. The van der Waals surface area contributed by atoms with E-state index in [1.807, 2.05) is 0 Å². The molecule has 0 atom stereocenters. The molecule has 13 heavy (non-hydrogen) atoms. The van der Waals surface area contributed by atoms with Gasteiger partial charge in [0.05, 0.1) is 0 Å². The van der Waals surface area contributed by atoms with E-state index in [9.17, 15) is 0 Å². The molecule has 0 aromatic rings. The average Bonchev–Trinajstić information content (AvgIpc) is 0. The van der Waals surface area contributed by atoms with Crippen LogP contribution < -0.4 is 0 Å². The van der Waals surface area contributed by atoms with Crippen molar-refractivity contribution >= 4 is 0 Å². The molecule has 0 aliphatic rings. The van der Waals surface area contributed by atoms with Crippen molar-refractivity contribution in [1.82, 2.24) is 0 Å². The van der Waals surface area contributed by atoms with Gasteiger partial charge in [-0.05, 0) is 0 Å². The van der Waals surface area contributed by atoms with Gasteiger partial charge in [0.1, 0.15) is 0 Å². The molecule has 0 bridgehead atoms. The first-order valence-electron chi connectivity index (χ1n) is 0. The molecule has 0 spiro atoms. The molecular formula is O9SmV3-15. The quantitative estimate of drug-likeness (QED) is 0.429. The molecule has 13 heteroatoms. The van der Waals surface area contributed by atoms with Gasteiger partial charge in [-0.2, -0.15) is 0 Å². The first kappa shape index (κ1) is 458. The summed E-state index contributed by atoms with van der Waals surface area (Å²) < 4.78 is 0. The van der Waals surface area contributed by atoms with Crippen molar-refractivity contribution in [1.29, 1.82) is 0 Å². The summed E-state index contributed by atoms with van der Waals surface area (Å²) in [4.78, 5) is 0. The maximum absolute atomic E-state index is 0. The standard InChI is InChI=1S/9O.Sm.3V/q9*-2;+3;;;. The van der Waals surface area contributed by atoms with Gasteiger partial charge in [0.15, 0.2) is 0 Å². The third-order valence-electron chi connectivity index (χ3n) is 0. The first-order chi connectivity index (χ1) is 0. The fourth-order valence-corrected chi connectivity index (χ4v) is 0. The Morgan fingerprint density at radius 2 is 0.231 bits per heavy atom. The SMILES string of the molecule is [O-2].[O-2].[O-2].[O-2].[O-2].[O-2].[O-2].[O-2].[O-2].[Sm+3].[V].[V].[V]. The molecular weight excluding hydrogens is 447 g/mol. The summed E-state index contributed by atoms with van der Waals surface area (Å²) in [5.41, 5.74) is 0. The molecule has 0 amide bonds. The zero-order valence-electron chi connectivity index (χ0n) is 5.42. The Labute approximate surface area is 143 Å². The van der Waals surface area contributed by atoms with Crippen molar-refractivity contribution < 1.29 is 145 Å². The average molecular weight is 447 g/mol. The van der Waals surface area contributed by atoms with E-state index >= 15 is 0 Å². The van der Waals surface area contributed by atoms with E-state index in [-0.39, 0.29) is 145 Å². The molecule has 0 heterocycles. The summed E-state index contributed by atoms with van der Waals surface area (Å²) in [7, 11) is 0. The van der Waals surface area contributed by atoms with E-state index in [2.05, 4.69) is 0 Å². The summed E-state index contributed by atoms with van der Waals surface area (Å²) in [6.45, 7) is 0. The van der Waals surface area contributed by atoms with Crippen LogP contribution in [0.4, 0.5) is 0 Å². The van der Waals surface area contributed by atoms with Gasteiger partial charge in [-0.25, -0.2) is 0 Å². The Balaban J connectivity index is 0. The zero-order chi connectivity index (χ0) is 0. The van der Waals surface area contributed by atoms with Crippen LogP contribution in [-0.2, 0) is 105 Å². The summed E-state index contributed by atoms with van der Waals surface area (Å²) >= 11 is 0. The first-order valence-corrected chi connectivity index (χ1v) is 0.